The van der Waals surface area contributed by atoms with Crippen LogP contribution in [-0.4, -0.2) is 34.9 Å². The topological polar surface area (TPSA) is 97.5 Å². The summed E-state index contributed by atoms with van der Waals surface area (Å²) in [6.45, 7) is 1.09. The quantitative estimate of drug-likeness (QED) is 0.319. The van der Waals surface area contributed by atoms with Crippen LogP contribution >= 0.6 is 22.9 Å². The first-order chi connectivity index (χ1) is 15.6. The average molecular weight is 506 g/mol. The molecule has 12 heteroatoms. The number of nitrogens with zero attached hydrogens (tertiary/aromatic N) is 1. The SMILES string of the molecule is N[C@@H]1CCCO[C@H]1c1cc2nc(Cl)cc(NCc3ccccc3F)c2s1.O=C(O)C(F)(F)F. The molecule has 0 unspecified atom stereocenters. The molecule has 6 nitrogen and oxygen atoms in total. The molecule has 4 rings (SSSR count). The lowest BCUT2D eigenvalue weighted by Crippen LogP contribution is -2.33. The Morgan fingerprint density at radius 2 is 2.03 bits per heavy atom. The van der Waals surface area contributed by atoms with E-state index in [2.05, 4.69) is 10.3 Å². The maximum Gasteiger partial charge on any atom is 0.490 e. The number of nitrogens with two attached hydrogens (primary N) is 1. The summed E-state index contributed by atoms with van der Waals surface area (Å²) in [5.74, 6) is -2.99. The number of thiophene rings is 1. The van der Waals surface area contributed by atoms with Crippen molar-refractivity contribution in [3.8, 4) is 0 Å². The summed E-state index contributed by atoms with van der Waals surface area (Å²) in [4.78, 5) is 14.4. The molecule has 1 aliphatic rings. The van der Waals surface area contributed by atoms with E-state index in [0.717, 1.165) is 40.2 Å². The van der Waals surface area contributed by atoms with Gasteiger partial charge in [0.15, 0.2) is 0 Å². The first-order valence-corrected chi connectivity index (χ1v) is 11.0. The van der Waals surface area contributed by atoms with Gasteiger partial charge in [0, 0.05) is 35.7 Å². The molecule has 33 heavy (non-hydrogen) atoms. The summed E-state index contributed by atoms with van der Waals surface area (Å²) < 4.78 is 52.5. The molecule has 0 radical (unpaired) electrons. The number of nitrogens with one attached hydrogen (secondary N) is 1. The van der Waals surface area contributed by atoms with Gasteiger partial charge in [0.05, 0.1) is 15.9 Å². The fourth-order valence-corrected chi connectivity index (χ4v) is 4.62. The van der Waals surface area contributed by atoms with Gasteiger partial charge in [-0.15, -0.1) is 11.3 Å². The summed E-state index contributed by atoms with van der Waals surface area (Å²) in [7, 11) is 0. The molecule has 0 amide bonds. The van der Waals surface area contributed by atoms with Gasteiger partial charge in [-0.25, -0.2) is 14.2 Å². The number of benzene rings is 1. The fraction of sp³-hybridized carbons (Fsp3) is 0.333. The molecular formula is C21H20ClF4N3O3S. The van der Waals surface area contributed by atoms with E-state index in [9.17, 15) is 17.6 Å². The molecule has 178 valence electrons. The number of rotatable bonds is 4. The van der Waals surface area contributed by atoms with E-state index in [1.165, 1.54) is 6.07 Å². The van der Waals surface area contributed by atoms with E-state index in [1.54, 1.807) is 29.5 Å². The zero-order chi connectivity index (χ0) is 24.2. The summed E-state index contributed by atoms with van der Waals surface area (Å²) >= 11 is 7.78. The van der Waals surface area contributed by atoms with Gasteiger partial charge < -0.3 is 20.9 Å². The molecule has 0 spiro atoms. The Morgan fingerprint density at radius 3 is 2.67 bits per heavy atom. The van der Waals surface area contributed by atoms with E-state index in [1.807, 2.05) is 12.1 Å². The van der Waals surface area contributed by atoms with E-state index in [-0.39, 0.29) is 18.0 Å². The van der Waals surface area contributed by atoms with Crippen LogP contribution in [0.4, 0.5) is 23.2 Å². The lowest BCUT2D eigenvalue weighted by molar-refractivity contribution is -0.192. The number of carboxylic acid groups (broad SMARTS) is 1. The number of fused-ring (bicyclic) bond motifs is 1. The van der Waals surface area contributed by atoms with Crippen LogP contribution in [0.2, 0.25) is 5.15 Å². The number of pyridine rings is 1. The third-order valence-electron chi connectivity index (χ3n) is 4.78. The predicted octanol–water partition coefficient (Wildman–Crippen LogP) is 5.51. The van der Waals surface area contributed by atoms with Crippen LogP contribution in [0.5, 0.6) is 0 Å². The number of carboxylic acids is 1. The van der Waals surface area contributed by atoms with Crippen molar-refractivity contribution in [1.29, 1.82) is 0 Å². The number of carbonyl (C=O) groups is 1. The highest BCUT2D eigenvalue weighted by Crippen LogP contribution is 2.39. The maximum atomic E-state index is 13.9. The Kier molecular flexibility index (Phi) is 8.11. The molecule has 0 bridgehead atoms. The Bertz CT molecular complexity index is 1130. The van der Waals surface area contributed by atoms with Crippen molar-refractivity contribution in [2.75, 3.05) is 11.9 Å². The van der Waals surface area contributed by atoms with Crippen molar-refractivity contribution < 1.29 is 32.2 Å². The molecule has 0 aliphatic carbocycles. The van der Waals surface area contributed by atoms with E-state index in [0.29, 0.717) is 17.3 Å². The molecule has 2 aromatic heterocycles. The molecule has 0 saturated carbocycles. The summed E-state index contributed by atoms with van der Waals surface area (Å²) in [6.07, 6.45) is -3.26. The van der Waals surface area contributed by atoms with Gasteiger partial charge in [-0.1, -0.05) is 29.8 Å². The van der Waals surface area contributed by atoms with Gasteiger partial charge in [0.1, 0.15) is 17.1 Å². The number of halogens is 5. The van der Waals surface area contributed by atoms with Crippen LogP contribution < -0.4 is 11.1 Å². The second kappa shape index (κ2) is 10.6. The van der Waals surface area contributed by atoms with Crippen LogP contribution in [0.25, 0.3) is 10.2 Å². The third-order valence-corrected chi connectivity index (χ3v) is 6.20. The van der Waals surface area contributed by atoms with Gasteiger partial charge in [-0.3, -0.25) is 0 Å². The molecule has 1 fully saturated rings. The van der Waals surface area contributed by atoms with E-state index < -0.39 is 12.1 Å². The molecular weight excluding hydrogens is 486 g/mol. The summed E-state index contributed by atoms with van der Waals surface area (Å²) in [5, 5.41) is 10.8. The molecule has 1 saturated heterocycles. The minimum Gasteiger partial charge on any atom is -0.475 e. The predicted molar refractivity (Wildman–Crippen MR) is 118 cm³/mol. The van der Waals surface area contributed by atoms with Crippen LogP contribution in [0, 0.1) is 5.82 Å². The average Bonchev–Trinajstić information content (AvgIpc) is 3.17. The van der Waals surface area contributed by atoms with Crippen LogP contribution in [-0.2, 0) is 16.1 Å². The number of aliphatic carboxylic acids is 1. The number of hydrogen-bond donors (Lipinski definition) is 3. The van der Waals surface area contributed by atoms with Gasteiger partial charge in [0.25, 0.3) is 0 Å². The van der Waals surface area contributed by atoms with Crippen LogP contribution in [0.1, 0.15) is 29.4 Å². The molecule has 1 aliphatic heterocycles. The largest absolute Gasteiger partial charge is 0.490 e. The van der Waals surface area contributed by atoms with Gasteiger partial charge in [-0.2, -0.15) is 13.2 Å². The second-order valence-corrected chi connectivity index (χ2v) is 8.67. The Hall–Kier alpha value is -2.47. The van der Waals surface area contributed by atoms with Crippen molar-refractivity contribution in [2.24, 2.45) is 5.73 Å². The third kappa shape index (κ3) is 6.53. The van der Waals surface area contributed by atoms with Crippen molar-refractivity contribution in [3.05, 3.63) is 57.8 Å². The highest BCUT2D eigenvalue weighted by Gasteiger charge is 2.38. The van der Waals surface area contributed by atoms with Crippen molar-refractivity contribution in [2.45, 2.75) is 37.7 Å². The highest BCUT2D eigenvalue weighted by atomic mass is 35.5. The standard InChI is InChI=1S/C19H19ClFN3OS.C2HF3O2/c20-17-9-14(23-10-11-4-1-2-5-12(11)21)19-15(24-17)8-16(26-19)18-13(22)6-3-7-25-18;3-2(4,5)1(6)7/h1-2,4-5,8-9,13,18H,3,6-7,10,22H2,(H,23,24);(H,6,7)/t13-,18-;/m1./s1. The first-order valence-electron chi connectivity index (χ1n) is 9.81. The second-order valence-electron chi connectivity index (χ2n) is 7.20. The number of anilines is 1. The van der Waals surface area contributed by atoms with Crippen molar-refractivity contribution in [1.82, 2.24) is 4.98 Å². The molecule has 1 aromatic carbocycles. The Labute approximate surface area is 195 Å². The number of aromatic nitrogens is 1. The van der Waals surface area contributed by atoms with Gasteiger partial charge >= 0.3 is 12.1 Å². The molecule has 4 N–H and O–H groups in total. The zero-order valence-electron chi connectivity index (χ0n) is 17.0. The number of ether oxygens (including phenoxy) is 1. The zero-order valence-corrected chi connectivity index (χ0v) is 18.6. The van der Waals surface area contributed by atoms with Crippen LogP contribution in [0.3, 0.4) is 0 Å². The fourth-order valence-electron chi connectivity index (χ4n) is 3.21. The van der Waals surface area contributed by atoms with Gasteiger partial charge in [-0.05, 0) is 25.0 Å². The summed E-state index contributed by atoms with van der Waals surface area (Å²) in [6, 6.07) is 10.5. The molecule has 3 aromatic rings. The molecule has 3 heterocycles. The van der Waals surface area contributed by atoms with E-state index >= 15 is 0 Å². The Morgan fingerprint density at radius 1 is 1.33 bits per heavy atom. The van der Waals surface area contributed by atoms with Crippen molar-refractivity contribution >= 4 is 44.8 Å². The lowest BCUT2D eigenvalue weighted by Gasteiger charge is -2.27. The maximum absolute atomic E-state index is 13.9. The highest BCUT2D eigenvalue weighted by molar-refractivity contribution is 7.19. The minimum absolute atomic E-state index is 0.0119. The number of alkyl halides is 3. The van der Waals surface area contributed by atoms with Crippen LogP contribution in [0.15, 0.2) is 36.4 Å². The lowest BCUT2D eigenvalue weighted by atomic mass is 10.0. The molecule has 2 atom stereocenters. The van der Waals surface area contributed by atoms with Gasteiger partial charge in [0.2, 0.25) is 0 Å². The smallest absolute Gasteiger partial charge is 0.475 e. The first kappa shape index (κ1) is 25.2. The normalized spacial score (nSPS) is 18.5. The Balaban J connectivity index is 0.000000383. The number of hydrogen-bond acceptors (Lipinski definition) is 6. The monoisotopic (exact) mass is 505 g/mol. The minimum atomic E-state index is -5.08. The van der Waals surface area contributed by atoms with Crippen molar-refractivity contribution in [3.63, 3.8) is 0 Å². The summed E-state index contributed by atoms with van der Waals surface area (Å²) in [5.41, 5.74) is 8.47. The van der Waals surface area contributed by atoms with E-state index in [4.69, 9.17) is 32.0 Å².